The van der Waals surface area contributed by atoms with Crippen LogP contribution in [0.25, 0.3) is 0 Å². The second kappa shape index (κ2) is 10.9. The molecule has 0 aromatic carbocycles. The lowest BCUT2D eigenvalue weighted by atomic mass is 9.70. The summed E-state index contributed by atoms with van der Waals surface area (Å²) in [7, 11) is 0. The molecule has 2 N–H and O–H groups in total. The van der Waals surface area contributed by atoms with E-state index in [0.29, 0.717) is 0 Å². The van der Waals surface area contributed by atoms with Gasteiger partial charge < -0.3 is 10.6 Å². The van der Waals surface area contributed by atoms with Crippen molar-refractivity contribution in [1.29, 1.82) is 0 Å². The van der Waals surface area contributed by atoms with Crippen molar-refractivity contribution in [3.05, 3.63) is 24.3 Å². The number of nitrogens with one attached hydrogen (secondary N) is 2. The SMILES string of the molecule is C(=C\C1CCC2NC3CCCCC3C2C1)/C1CCCC(/C=C/C2CCC3NC4CCCCC4C3C2)C1. The number of rotatable bonds is 4. The van der Waals surface area contributed by atoms with Crippen LogP contribution in [0.15, 0.2) is 24.3 Å². The van der Waals surface area contributed by atoms with Crippen molar-refractivity contribution in [2.75, 3.05) is 0 Å². The predicted octanol–water partition coefficient (Wildman–Crippen LogP) is 7.80. The van der Waals surface area contributed by atoms with Crippen molar-refractivity contribution >= 4 is 0 Å². The zero-order valence-corrected chi connectivity index (χ0v) is 23.0. The summed E-state index contributed by atoms with van der Waals surface area (Å²) in [5.41, 5.74) is 0. The van der Waals surface area contributed by atoms with E-state index < -0.39 is 0 Å². The molecule has 0 bridgehead atoms. The van der Waals surface area contributed by atoms with E-state index in [4.69, 9.17) is 0 Å². The summed E-state index contributed by atoms with van der Waals surface area (Å²) in [5.74, 6) is 7.38. The molecule has 36 heavy (non-hydrogen) atoms. The molecule has 5 saturated carbocycles. The molecule has 0 aromatic heterocycles. The maximum absolute atomic E-state index is 4.06. The lowest BCUT2D eigenvalue weighted by Crippen LogP contribution is -2.35. The zero-order valence-electron chi connectivity index (χ0n) is 23.0. The van der Waals surface area contributed by atoms with Gasteiger partial charge in [0, 0.05) is 24.2 Å². The summed E-state index contributed by atoms with van der Waals surface area (Å²) in [5, 5.41) is 8.12. The summed E-state index contributed by atoms with van der Waals surface area (Å²) < 4.78 is 0. The Balaban J connectivity index is 0.904. The number of hydrogen-bond donors (Lipinski definition) is 2. The molecule has 0 radical (unpaired) electrons. The Morgan fingerprint density at radius 1 is 0.333 bits per heavy atom. The lowest BCUT2D eigenvalue weighted by molar-refractivity contribution is 0.206. The van der Waals surface area contributed by atoms with Crippen LogP contribution >= 0.6 is 0 Å². The van der Waals surface area contributed by atoms with Crippen LogP contribution in [0.5, 0.6) is 0 Å². The van der Waals surface area contributed by atoms with Crippen LogP contribution in [0.4, 0.5) is 0 Å². The van der Waals surface area contributed by atoms with Gasteiger partial charge in [0.2, 0.25) is 0 Å². The highest BCUT2D eigenvalue weighted by molar-refractivity contribution is 5.08. The van der Waals surface area contributed by atoms with E-state index >= 15 is 0 Å². The molecule has 0 spiro atoms. The van der Waals surface area contributed by atoms with Gasteiger partial charge in [-0.25, -0.2) is 0 Å². The van der Waals surface area contributed by atoms with Gasteiger partial charge in [-0.1, -0.05) is 56.4 Å². The second-order valence-electron chi connectivity index (χ2n) is 14.6. The third-order valence-corrected chi connectivity index (χ3v) is 12.5. The van der Waals surface area contributed by atoms with Crippen LogP contribution in [-0.2, 0) is 0 Å². The second-order valence-corrected chi connectivity index (χ2v) is 14.6. The Kier molecular flexibility index (Phi) is 7.38. The molecule has 0 aromatic rings. The molecular weight excluding hydrogens is 436 g/mol. The average Bonchev–Trinajstić information content (AvgIpc) is 3.49. The zero-order chi connectivity index (χ0) is 23.9. The monoisotopic (exact) mass is 490 g/mol. The highest BCUT2D eigenvalue weighted by Gasteiger charge is 2.46. The van der Waals surface area contributed by atoms with E-state index in [1.54, 1.807) is 0 Å². The average molecular weight is 491 g/mol. The lowest BCUT2D eigenvalue weighted by Gasteiger charge is -2.35. The minimum atomic E-state index is 0.841. The van der Waals surface area contributed by atoms with Crippen LogP contribution in [0.3, 0.4) is 0 Å². The van der Waals surface area contributed by atoms with E-state index in [9.17, 15) is 0 Å². The maximum Gasteiger partial charge on any atom is 0.0102 e. The van der Waals surface area contributed by atoms with Gasteiger partial charge in [-0.15, -0.1) is 0 Å². The smallest absolute Gasteiger partial charge is 0.0102 e. The Morgan fingerprint density at radius 2 is 0.750 bits per heavy atom. The molecule has 12 atom stereocenters. The van der Waals surface area contributed by atoms with Crippen molar-refractivity contribution in [3.8, 4) is 0 Å². The maximum atomic E-state index is 4.06. The minimum absolute atomic E-state index is 0.841. The van der Waals surface area contributed by atoms with Crippen LogP contribution in [0, 0.1) is 47.3 Å². The molecule has 5 aliphatic carbocycles. The quantitative estimate of drug-likeness (QED) is 0.393. The van der Waals surface area contributed by atoms with Crippen LogP contribution < -0.4 is 10.6 Å². The molecule has 2 heterocycles. The first kappa shape index (κ1) is 24.4. The third kappa shape index (κ3) is 5.04. The number of hydrogen-bond acceptors (Lipinski definition) is 2. The van der Waals surface area contributed by atoms with Crippen LogP contribution in [0.2, 0.25) is 0 Å². The van der Waals surface area contributed by atoms with E-state index in [1.807, 2.05) is 0 Å². The molecule has 12 unspecified atom stereocenters. The van der Waals surface area contributed by atoms with Gasteiger partial charge in [0.1, 0.15) is 0 Å². The van der Waals surface area contributed by atoms with Gasteiger partial charge in [0.05, 0.1) is 0 Å². The fraction of sp³-hybridized carbons (Fsp3) is 0.882. The van der Waals surface area contributed by atoms with Gasteiger partial charge in [0.25, 0.3) is 0 Å². The Morgan fingerprint density at radius 3 is 1.25 bits per heavy atom. The van der Waals surface area contributed by atoms with Gasteiger partial charge in [-0.2, -0.15) is 0 Å². The Labute approximate surface area is 221 Å². The molecule has 2 heteroatoms. The summed E-state index contributed by atoms with van der Waals surface area (Å²) in [4.78, 5) is 0. The number of allylic oxidation sites excluding steroid dienone is 4. The fourth-order valence-electron chi connectivity index (χ4n) is 10.7. The van der Waals surface area contributed by atoms with Gasteiger partial charge in [0.15, 0.2) is 0 Å². The molecule has 200 valence electrons. The first-order chi connectivity index (χ1) is 17.8. The molecule has 2 aliphatic heterocycles. The van der Waals surface area contributed by atoms with Crippen molar-refractivity contribution in [2.45, 2.75) is 140 Å². The third-order valence-electron chi connectivity index (χ3n) is 12.5. The molecule has 7 fully saturated rings. The predicted molar refractivity (Wildman–Crippen MR) is 151 cm³/mol. The standard InChI is InChI=1S/C34H54N2/c1-3-10-31-27(8-1)29-21-25(16-18-33(29)35-31)14-12-23-6-5-7-24(20-23)13-15-26-17-19-34-30(22-26)28-9-2-4-11-32(28)36-34/h12-15,23-36H,1-11,16-22H2/b14-12+,15-13+. The van der Waals surface area contributed by atoms with Gasteiger partial charge in [-0.05, 0) is 131 Å². The largest absolute Gasteiger partial charge is 0.311 e. The molecule has 7 rings (SSSR count). The van der Waals surface area contributed by atoms with Crippen LogP contribution in [0.1, 0.15) is 116 Å². The first-order valence-corrected chi connectivity index (χ1v) is 16.7. The van der Waals surface area contributed by atoms with Crippen LogP contribution in [-0.4, -0.2) is 24.2 Å². The molecular formula is C34H54N2. The summed E-state index contributed by atoms with van der Waals surface area (Å²) in [6.45, 7) is 0. The van der Waals surface area contributed by atoms with Crippen molar-refractivity contribution in [1.82, 2.24) is 10.6 Å². The Bertz CT molecular complexity index is 737. The molecule has 7 aliphatic rings. The first-order valence-electron chi connectivity index (χ1n) is 16.7. The molecule has 0 amide bonds. The van der Waals surface area contributed by atoms with Crippen molar-refractivity contribution in [2.24, 2.45) is 47.3 Å². The van der Waals surface area contributed by atoms with E-state index in [-0.39, 0.29) is 0 Å². The molecule has 2 nitrogen and oxygen atoms in total. The van der Waals surface area contributed by atoms with Gasteiger partial charge >= 0.3 is 0 Å². The van der Waals surface area contributed by atoms with E-state index in [2.05, 4.69) is 34.9 Å². The topological polar surface area (TPSA) is 24.1 Å². The minimum Gasteiger partial charge on any atom is -0.311 e. The highest BCUT2D eigenvalue weighted by atomic mass is 15.0. The highest BCUT2D eigenvalue weighted by Crippen LogP contribution is 2.47. The van der Waals surface area contributed by atoms with E-state index in [0.717, 1.165) is 71.5 Å². The normalized spacial score (nSPS) is 51.1. The number of fused-ring (bicyclic) bond motifs is 6. The van der Waals surface area contributed by atoms with Gasteiger partial charge in [-0.3, -0.25) is 0 Å². The molecule has 2 saturated heterocycles. The van der Waals surface area contributed by atoms with Crippen molar-refractivity contribution in [3.63, 3.8) is 0 Å². The summed E-state index contributed by atoms with van der Waals surface area (Å²) in [6, 6.07) is 3.44. The Hall–Kier alpha value is -0.600. The van der Waals surface area contributed by atoms with Crippen molar-refractivity contribution < 1.29 is 0 Å². The van der Waals surface area contributed by atoms with E-state index in [1.165, 1.54) is 116 Å². The summed E-state index contributed by atoms with van der Waals surface area (Å²) >= 11 is 0. The summed E-state index contributed by atoms with van der Waals surface area (Å²) in [6.07, 6.45) is 37.1. The fourth-order valence-corrected chi connectivity index (χ4v) is 10.7.